The molecule has 1 aliphatic rings. The first-order valence-electron chi connectivity index (χ1n) is 8.45. The highest BCUT2D eigenvalue weighted by Gasteiger charge is 2.25. The molecule has 0 spiro atoms. The topological polar surface area (TPSA) is 48.1 Å². The molecule has 2 aromatic heterocycles. The average molecular weight is 339 g/mol. The predicted octanol–water partition coefficient (Wildman–Crippen LogP) is 3.80. The van der Waals surface area contributed by atoms with E-state index < -0.39 is 0 Å². The number of aromatic amines is 1. The molecule has 1 unspecified atom stereocenters. The maximum absolute atomic E-state index is 12.5. The van der Waals surface area contributed by atoms with Crippen LogP contribution in [-0.2, 0) is 0 Å². The van der Waals surface area contributed by atoms with Gasteiger partial charge in [0, 0.05) is 22.3 Å². The number of hydrogen-bond donors (Lipinski definition) is 2. The van der Waals surface area contributed by atoms with Crippen molar-refractivity contribution in [3.8, 4) is 0 Å². The number of amides is 1. The van der Waals surface area contributed by atoms with E-state index in [-0.39, 0.29) is 11.9 Å². The van der Waals surface area contributed by atoms with Gasteiger partial charge < -0.3 is 10.3 Å². The monoisotopic (exact) mass is 339 g/mol. The fourth-order valence-corrected chi connectivity index (χ4v) is 4.28. The molecule has 1 saturated heterocycles. The van der Waals surface area contributed by atoms with E-state index in [9.17, 15) is 4.79 Å². The number of hydrogen-bond acceptors (Lipinski definition) is 3. The molecule has 3 heterocycles. The smallest absolute Gasteiger partial charge is 0.267 e. The maximum atomic E-state index is 12.5. The quantitative estimate of drug-likeness (QED) is 0.743. The van der Waals surface area contributed by atoms with Crippen molar-refractivity contribution in [2.45, 2.75) is 18.9 Å². The highest BCUT2D eigenvalue weighted by molar-refractivity contribution is 7.10. The van der Waals surface area contributed by atoms with Crippen LogP contribution in [0, 0.1) is 0 Å². The van der Waals surface area contributed by atoms with Gasteiger partial charge in [-0.05, 0) is 49.5 Å². The van der Waals surface area contributed by atoms with Gasteiger partial charge in [-0.3, -0.25) is 9.69 Å². The fraction of sp³-hybridized carbons (Fsp3) is 0.316. The van der Waals surface area contributed by atoms with Gasteiger partial charge in [-0.15, -0.1) is 11.3 Å². The third-order valence-corrected chi connectivity index (χ3v) is 5.66. The number of nitrogens with one attached hydrogen (secondary N) is 2. The third kappa shape index (κ3) is 3.09. The van der Waals surface area contributed by atoms with Gasteiger partial charge in [-0.2, -0.15) is 0 Å². The van der Waals surface area contributed by atoms with Crippen molar-refractivity contribution in [1.29, 1.82) is 0 Å². The number of carbonyl (C=O) groups is 1. The minimum Gasteiger partial charge on any atom is -0.351 e. The highest BCUT2D eigenvalue weighted by atomic mass is 32.1. The lowest BCUT2D eigenvalue weighted by molar-refractivity contribution is 0.0934. The second kappa shape index (κ2) is 6.79. The van der Waals surface area contributed by atoms with Crippen LogP contribution < -0.4 is 5.32 Å². The Hall–Kier alpha value is -2.11. The summed E-state index contributed by atoms with van der Waals surface area (Å²) in [4.78, 5) is 19.6. The Balaban J connectivity index is 1.48. The number of H-pyrrole nitrogens is 1. The summed E-state index contributed by atoms with van der Waals surface area (Å²) in [6.07, 6.45) is 2.50. The molecule has 1 fully saturated rings. The number of carbonyl (C=O) groups excluding carboxylic acids is 1. The first-order chi connectivity index (χ1) is 11.8. The van der Waals surface area contributed by atoms with E-state index in [1.165, 1.54) is 17.7 Å². The standard InChI is InChI=1S/C19H21N3OS/c23-19(16-12-14-6-1-2-7-15(14)21-16)20-13-17(18-8-5-11-24-18)22-9-3-4-10-22/h1-2,5-8,11-12,17,21H,3-4,9-10,13H2,(H,20,23). The summed E-state index contributed by atoms with van der Waals surface area (Å²) in [5.74, 6) is -0.0352. The van der Waals surface area contributed by atoms with Crippen LogP contribution in [0.1, 0.15) is 34.2 Å². The van der Waals surface area contributed by atoms with Gasteiger partial charge in [0.05, 0.1) is 6.04 Å². The number of para-hydroxylation sites is 1. The van der Waals surface area contributed by atoms with E-state index in [1.54, 1.807) is 11.3 Å². The first-order valence-corrected chi connectivity index (χ1v) is 9.32. The van der Waals surface area contributed by atoms with Crippen LogP contribution in [0.2, 0.25) is 0 Å². The molecule has 0 bridgehead atoms. The Morgan fingerprint density at radius 2 is 2.04 bits per heavy atom. The van der Waals surface area contributed by atoms with Crippen molar-refractivity contribution in [3.05, 3.63) is 58.4 Å². The zero-order valence-electron chi connectivity index (χ0n) is 13.5. The largest absolute Gasteiger partial charge is 0.351 e. The van der Waals surface area contributed by atoms with Crippen LogP contribution in [0.15, 0.2) is 47.8 Å². The Bertz CT molecular complexity index is 785. The minimum atomic E-state index is -0.0352. The van der Waals surface area contributed by atoms with Crippen LogP contribution >= 0.6 is 11.3 Å². The van der Waals surface area contributed by atoms with Gasteiger partial charge in [0.15, 0.2) is 0 Å². The van der Waals surface area contributed by atoms with Crippen molar-refractivity contribution >= 4 is 28.1 Å². The summed E-state index contributed by atoms with van der Waals surface area (Å²) in [5, 5.41) is 6.30. The maximum Gasteiger partial charge on any atom is 0.267 e. The van der Waals surface area contributed by atoms with E-state index in [1.807, 2.05) is 30.3 Å². The Kier molecular flexibility index (Phi) is 4.36. The fourth-order valence-electron chi connectivity index (χ4n) is 3.42. The van der Waals surface area contributed by atoms with E-state index >= 15 is 0 Å². The minimum absolute atomic E-state index is 0.0352. The molecule has 5 heteroatoms. The van der Waals surface area contributed by atoms with Crippen LogP contribution in [0.4, 0.5) is 0 Å². The van der Waals surface area contributed by atoms with Crippen molar-refractivity contribution in [1.82, 2.24) is 15.2 Å². The normalized spacial score (nSPS) is 16.5. The van der Waals surface area contributed by atoms with Crippen molar-refractivity contribution < 1.29 is 4.79 Å². The number of benzene rings is 1. The Morgan fingerprint density at radius 1 is 1.21 bits per heavy atom. The molecule has 1 aromatic carbocycles. The number of nitrogens with zero attached hydrogens (tertiary/aromatic N) is 1. The van der Waals surface area contributed by atoms with Crippen LogP contribution in [0.25, 0.3) is 10.9 Å². The molecule has 1 amide bonds. The molecule has 4 rings (SSSR count). The van der Waals surface area contributed by atoms with Crippen LogP contribution in [0.5, 0.6) is 0 Å². The average Bonchev–Trinajstić information content (AvgIpc) is 3.35. The summed E-state index contributed by atoms with van der Waals surface area (Å²) in [5.41, 5.74) is 1.62. The lowest BCUT2D eigenvalue weighted by Crippen LogP contribution is -2.36. The Morgan fingerprint density at radius 3 is 2.79 bits per heavy atom. The zero-order chi connectivity index (χ0) is 16.4. The van der Waals surface area contributed by atoms with Crippen LogP contribution in [-0.4, -0.2) is 35.4 Å². The third-order valence-electron chi connectivity index (χ3n) is 4.68. The summed E-state index contributed by atoms with van der Waals surface area (Å²) in [6, 6.07) is 14.4. The number of rotatable bonds is 5. The molecule has 124 valence electrons. The lowest BCUT2D eigenvalue weighted by atomic mass is 10.2. The number of likely N-dealkylation sites (tertiary alicyclic amines) is 1. The summed E-state index contributed by atoms with van der Waals surface area (Å²) >= 11 is 1.77. The van der Waals surface area contributed by atoms with E-state index in [2.05, 4.69) is 32.7 Å². The van der Waals surface area contributed by atoms with Gasteiger partial charge >= 0.3 is 0 Å². The predicted molar refractivity (Wildman–Crippen MR) is 98.5 cm³/mol. The van der Waals surface area contributed by atoms with Crippen molar-refractivity contribution in [2.75, 3.05) is 19.6 Å². The van der Waals surface area contributed by atoms with Gasteiger partial charge in [0.25, 0.3) is 5.91 Å². The number of aromatic nitrogens is 1. The molecule has 4 nitrogen and oxygen atoms in total. The lowest BCUT2D eigenvalue weighted by Gasteiger charge is -2.26. The zero-order valence-corrected chi connectivity index (χ0v) is 14.3. The summed E-state index contributed by atoms with van der Waals surface area (Å²) in [6.45, 7) is 2.88. The molecule has 3 aromatic rings. The summed E-state index contributed by atoms with van der Waals surface area (Å²) in [7, 11) is 0. The Labute approximate surface area is 145 Å². The number of fused-ring (bicyclic) bond motifs is 1. The van der Waals surface area contributed by atoms with E-state index in [4.69, 9.17) is 0 Å². The second-order valence-electron chi connectivity index (χ2n) is 6.25. The van der Waals surface area contributed by atoms with Crippen LogP contribution in [0.3, 0.4) is 0 Å². The van der Waals surface area contributed by atoms with E-state index in [0.29, 0.717) is 12.2 Å². The van der Waals surface area contributed by atoms with E-state index in [0.717, 1.165) is 24.0 Å². The van der Waals surface area contributed by atoms with Crippen molar-refractivity contribution in [2.24, 2.45) is 0 Å². The molecule has 2 N–H and O–H groups in total. The number of thiophene rings is 1. The molecule has 0 saturated carbocycles. The second-order valence-corrected chi connectivity index (χ2v) is 7.23. The molecular weight excluding hydrogens is 318 g/mol. The highest BCUT2D eigenvalue weighted by Crippen LogP contribution is 2.28. The molecular formula is C19H21N3OS. The van der Waals surface area contributed by atoms with Gasteiger partial charge in [0.2, 0.25) is 0 Å². The molecule has 1 atom stereocenters. The van der Waals surface area contributed by atoms with Gasteiger partial charge in [0.1, 0.15) is 5.69 Å². The molecule has 0 radical (unpaired) electrons. The molecule has 24 heavy (non-hydrogen) atoms. The molecule has 1 aliphatic heterocycles. The SMILES string of the molecule is O=C(NCC(c1cccs1)N1CCCC1)c1cc2ccccc2[nH]1. The van der Waals surface area contributed by atoms with Gasteiger partial charge in [-0.25, -0.2) is 0 Å². The van der Waals surface area contributed by atoms with Gasteiger partial charge in [-0.1, -0.05) is 24.3 Å². The summed E-state index contributed by atoms with van der Waals surface area (Å²) < 4.78 is 0. The molecule has 0 aliphatic carbocycles. The first kappa shape index (κ1) is 15.4. The van der Waals surface area contributed by atoms with Crippen molar-refractivity contribution in [3.63, 3.8) is 0 Å².